The summed E-state index contributed by atoms with van der Waals surface area (Å²) in [7, 11) is 1.55. The molecule has 0 aromatic heterocycles. The number of carbonyl (C=O) groups is 2. The van der Waals surface area contributed by atoms with Crippen molar-refractivity contribution in [1.82, 2.24) is 0 Å². The third-order valence-corrected chi connectivity index (χ3v) is 4.76. The van der Waals surface area contributed by atoms with Gasteiger partial charge in [-0.25, -0.2) is 0 Å². The number of aryl methyl sites for hydroxylation is 1. The Morgan fingerprint density at radius 3 is 2.50 bits per heavy atom. The lowest BCUT2D eigenvalue weighted by atomic mass is 9.87. The maximum absolute atomic E-state index is 13.0. The van der Waals surface area contributed by atoms with Crippen LogP contribution in [0, 0.1) is 6.92 Å². The van der Waals surface area contributed by atoms with Gasteiger partial charge >= 0.3 is 0 Å². The Hall–Kier alpha value is -2.66. The van der Waals surface area contributed by atoms with Gasteiger partial charge in [0.05, 0.1) is 19.2 Å². The Bertz CT molecular complexity index is 844. The van der Waals surface area contributed by atoms with Gasteiger partial charge in [-0.1, -0.05) is 24.6 Å². The second-order valence-electron chi connectivity index (χ2n) is 6.67. The standard InChI is InChI=1S/C21H23NO4/c1-4-11-22-18-10-5-14(2)12-17(18)21(25,20(22)24)13-19(23)15-6-8-16(26-3)9-7-15/h5-10,12,25H,4,11,13H2,1-3H3. The first-order valence-corrected chi connectivity index (χ1v) is 8.73. The number of amides is 1. The molecule has 0 spiro atoms. The second-order valence-corrected chi connectivity index (χ2v) is 6.67. The zero-order valence-corrected chi connectivity index (χ0v) is 15.3. The number of benzene rings is 2. The summed E-state index contributed by atoms with van der Waals surface area (Å²) in [5.74, 6) is -0.0663. The molecule has 5 nitrogen and oxygen atoms in total. The number of methoxy groups -OCH3 is 1. The van der Waals surface area contributed by atoms with E-state index in [1.165, 1.54) is 0 Å². The van der Waals surface area contributed by atoms with E-state index < -0.39 is 11.5 Å². The number of nitrogens with zero attached hydrogens (tertiary/aromatic N) is 1. The number of anilines is 1. The average Bonchev–Trinajstić information content (AvgIpc) is 2.84. The maximum Gasteiger partial charge on any atom is 0.264 e. The van der Waals surface area contributed by atoms with Crippen LogP contribution in [0.1, 0.15) is 41.3 Å². The fraction of sp³-hybridized carbons (Fsp3) is 0.333. The highest BCUT2D eigenvalue weighted by atomic mass is 16.5. The molecule has 5 heteroatoms. The minimum atomic E-state index is -1.83. The number of ether oxygens (including phenoxy) is 1. The number of hydrogen-bond acceptors (Lipinski definition) is 4. The summed E-state index contributed by atoms with van der Waals surface area (Å²) in [4.78, 5) is 27.3. The van der Waals surface area contributed by atoms with Crippen LogP contribution in [-0.4, -0.2) is 30.5 Å². The summed E-state index contributed by atoms with van der Waals surface area (Å²) in [6.07, 6.45) is 0.483. The molecule has 0 saturated carbocycles. The van der Waals surface area contributed by atoms with Crippen LogP contribution in [0.4, 0.5) is 5.69 Å². The van der Waals surface area contributed by atoms with E-state index in [-0.39, 0.29) is 12.2 Å². The summed E-state index contributed by atoms with van der Waals surface area (Å²) in [5.41, 5.74) is 0.749. The Kier molecular flexibility index (Phi) is 4.83. The zero-order valence-electron chi connectivity index (χ0n) is 15.3. The molecule has 0 aliphatic carbocycles. The van der Waals surface area contributed by atoms with Crippen LogP contribution in [0.15, 0.2) is 42.5 Å². The maximum atomic E-state index is 13.0. The number of hydrogen-bond donors (Lipinski definition) is 1. The van der Waals surface area contributed by atoms with Crippen LogP contribution in [0.3, 0.4) is 0 Å². The van der Waals surface area contributed by atoms with Crippen molar-refractivity contribution in [3.05, 3.63) is 59.2 Å². The predicted molar refractivity (Wildman–Crippen MR) is 99.7 cm³/mol. The molecular formula is C21H23NO4. The molecule has 1 aliphatic rings. The SMILES string of the molecule is CCCN1C(=O)C(O)(CC(=O)c2ccc(OC)cc2)c2cc(C)ccc21. The number of fused-ring (bicyclic) bond motifs is 1. The molecule has 1 heterocycles. The van der Waals surface area contributed by atoms with Gasteiger partial charge in [-0.3, -0.25) is 9.59 Å². The Labute approximate surface area is 153 Å². The normalized spacial score (nSPS) is 18.8. The summed E-state index contributed by atoms with van der Waals surface area (Å²) in [5, 5.41) is 11.2. The smallest absolute Gasteiger partial charge is 0.264 e. The van der Waals surface area contributed by atoms with Crippen LogP contribution in [0.2, 0.25) is 0 Å². The monoisotopic (exact) mass is 353 g/mol. The molecule has 1 unspecified atom stereocenters. The lowest BCUT2D eigenvalue weighted by molar-refractivity contribution is -0.135. The molecule has 1 aliphatic heterocycles. The fourth-order valence-electron chi connectivity index (χ4n) is 3.39. The van der Waals surface area contributed by atoms with Crippen molar-refractivity contribution < 1.29 is 19.4 Å². The van der Waals surface area contributed by atoms with Crippen molar-refractivity contribution in [2.45, 2.75) is 32.3 Å². The lowest BCUT2D eigenvalue weighted by Crippen LogP contribution is -2.42. The van der Waals surface area contributed by atoms with Crippen molar-refractivity contribution in [2.24, 2.45) is 0 Å². The number of ketones is 1. The van der Waals surface area contributed by atoms with Crippen LogP contribution >= 0.6 is 0 Å². The molecule has 0 bridgehead atoms. The first-order chi connectivity index (χ1) is 12.4. The molecule has 0 fully saturated rings. The molecule has 136 valence electrons. The first kappa shape index (κ1) is 18.1. The van der Waals surface area contributed by atoms with E-state index in [1.807, 2.05) is 26.0 Å². The van der Waals surface area contributed by atoms with E-state index in [0.29, 0.717) is 29.1 Å². The van der Waals surface area contributed by atoms with Gasteiger partial charge in [0.25, 0.3) is 5.91 Å². The van der Waals surface area contributed by atoms with Gasteiger partial charge in [-0.15, -0.1) is 0 Å². The van der Waals surface area contributed by atoms with E-state index in [4.69, 9.17) is 4.74 Å². The number of aliphatic hydroxyl groups is 1. The Balaban J connectivity index is 1.96. The first-order valence-electron chi connectivity index (χ1n) is 8.73. The lowest BCUT2D eigenvalue weighted by Gasteiger charge is -2.22. The molecule has 1 atom stereocenters. The quantitative estimate of drug-likeness (QED) is 0.810. The van der Waals surface area contributed by atoms with Gasteiger partial charge in [0.15, 0.2) is 11.4 Å². The molecule has 2 aromatic rings. The number of Topliss-reactive ketones (excluding diaryl/α,β-unsaturated/α-hetero) is 1. The van der Waals surface area contributed by atoms with Crippen LogP contribution < -0.4 is 9.64 Å². The van der Waals surface area contributed by atoms with Gasteiger partial charge in [0.2, 0.25) is 0 Å². The van der Waals surface area contributed by atoms with Gasteiger partial charge in [-0.2, -0.15) is 0 Å². The molecule has 3 rings (SSSR count). The number of carbonyl (C=O) groups excluding carboxylic acids is 2. The summed E-state index contributed by atoms with van der Waals surface area (Å²) < 4.78 is 5.10. The van der Waals surface area contributed by atoms with Gasteiger partial charge in [0.1, 0.15) is 5.75 Å². The van der Waals surface area contributed by atoms with Crippen molar-refractivity contribution >= 4 is 17.4 Å². The molecule has 1 amide bonds. The predicted octanol–water partition coefficient (Wildman–Crippen LogP) is 3.22. The van der Waals surface area contributed by atoms with E-state index in [2.05, 4.69) is 0 Å². The highest BCUT2D eigenvalue weighted by Crippen LogP contribution is 2.43. The highest BCUT2D eigenvalue weighted by molar-refractivity contribution is 6.10. The highest BCUT2D eigenvalue weighted by Gasteiger charge is 2.50. The summed E-state index contributed by atoms with van der Waals surface area (Å²) in [6.45, 7) is 4.38. The van der Waals surface area contributed by atoms with Crippen molar-refractivity contribution in [2.75, 3.05) is 18.6 Å². The van der Waals surface area contributed by atoms with E-state index >= 15 is 0 Å². The summed E-state index contributed by atoms with van der Waals surface area (Å²) in [6, 6.07) is 12.2. The van der Waals surface area contributed by atoms with Crippen molar-refractivity contribution in [1.29, 1.82) is 0 Å². The van der Waals surface area contributed by atoms with Crippen molar-refractivity contribution in [3.8, 4) is 5.75 Å². The topological polar surface area (TPSA) is 66.8 Å². The minimum Gasteiger partial charge on any atom is -0.497 e. The molecule has 26 heavy (non-hydrogen) atoms. The Morgan fingerprint density at radius 1 is 1.19 bits per heavy atom. The third kappa shape index (κ3) is 2.99. The largest absolute Gasteiger partial charge is 0.497 e. The minimum absolute atomic E-state index is 0.283. The molecule has 0 saturated heterocycles. The molecule has 2 aromatic carbocycles. The van der Waals surface area contributed by atoms with Crippen LogP contribution in [-0.2, 0) is 10.4 Å². The van der Waals surface area contributed by atoms with Crippen molar-refractivity contribution in [3.63, 3.8) is 0 Å². The average molecular weight is 353 g/mol. The number of rotatable bonds is 6. The summed E-state index contributed by atoms with van der Waals surface area (Å²) >= 11 is 0. The van der Waals surface area contributed by atoms with Crippen LogP contribution in [0.25, 0.3) is 0 Å². The van der Waals surface area contributed by atoms with Crippen LogP contribution in [0.5, 0.6) is 5.75 Å². The zero-order chi connectivity index (χ0) is 18.9. The van der Waals surface area contributed by atoms with Gasteiger partial charge in [0, 0.05) is 17.7 Å². The van der Waals surface area contributed by atoms with Gasteiger partial charge < -0.3 is 14.7 Å². The van der Waals surface area contributed by atoms with E-state index in [9.17, 15) is 14.7 Å². The van der Waals surface area contributed by atoms with Gasteiger partial charge in [-0.05, 0) is 43.7 Å². The van der Waals surface area contributed by atoms with E-state index in [0.717, 1.165) is 12.0 Å². The molecule has 0 radical (unpaired) electrons. The fourth-order valence-corrected chi connectivity index (χ4v) is 3.39. The molecule has 1 N–H and O–H groups in total. The second kappa shape index (κ2) is 6.92. The third-order valence-electron chi connectivity index (χ3n) is 4.76. The van der Waals surface area contributed by atoms with E-state index in [1.54, 1.807) is 42.3 Å². The Morgan fingerprint density at radius 2 is 1.88 bits per heavy atom. The molecular weight excluding hydrogens is 330 g/mol.